The van der Waals surface area contributed by atoms with Gasteiger partial charge in [0.05, 0.1) is 21.3 Å². The molecule has 156 valence electrons. The summed E-state index contributed by atoms with van der Waals surface area (Å²) in [6.07, 6.45) is 7.18. The Morgan fingerprint density at radius 3 is 2.17 bits per heavy atom. The Morgan fingerprint density at radius 1 is 0.897 bits per heavy atom. The van der Waals surface area contributed by atoms with Gasteiger partial charge in [0.25, 0.3) is 0 Å². The van der Waals surface area contributed by atoms with Crippen LogP contribution in [0.2, 0.25) is 0 Å². The van der Waals surface area contributed by atoms with Crippen LogP contribution in [0.5, 0.6) is 17.5 Å². The molecule has 0 N–H and O–H groups in total. The van der Waals surface area contributed by atoms with Gasteiger partial charge in [-0.1, -0.05) is 0 Å². The second-order valence-electron chi connectivity index (χ2n) is 7.78. The summed E-state index contributed by atoms with van der Waals surface area (Å²) in [5.74, 6) is 1.65. The molecule has 0 radical (unpaired) electrons. The molecule has 7 heteroatoms. The van der Waals surface area contributed by atoms with Crippen LogP contribution in [0, 0.1) is 0 Å². The van der Waals surface area contributed by atoms with E-state index in [1.54, 1.807) is 21.3 Å². The van der Waals surface area contributed by atoms with Crippen LogP contribution >= 0.6 is 0 Å². The van der Waals surface area contributed by atoms with Crippen molar-refractivity contribution in [1.82, 2.24) is 19.8 Å². The fourth-order valence-electron chi connectivity index (χ4n) is 4.45. The van der Waals surface area contributed by atoms with Crippen LogP contribution in [0.4, 0.5) is 0 Å². The summed E-state index contributed by atoms with van der Waals surface area (Å²) in [5, 5.41) is 0. The van der Waals surface area contributed by atoms with Crippen LogP contribution in [0.1, 0.15) is 29.5 Å². The molecule has 0 unspecified atom stereocenters. The van der Waals surface area contributed by atoms with Crippen LogP contribution in [-0.4, -0.2) is 66.8 Å². The molecular weight excluding hydrogens is 368 g/mol. The second-order valence-corrected chi connectivity index (χ2v) is 7.78. The van der Waals surface area contributed by atoms with Crippen molar-refractivity contribution >= 4 is 0 Å². The average molecular weight is 399 g/mol. The Morgan fingerprint density at radius 2 is 1.55 bits per heavy atom. The molecule has 1 aromatic heterocycles. The zero-order valence-corrected chi connectivity index (χ0v) is 17.6. The number of likely N-dealkylation sites (tertiary alicyclic amines) is 1. The zero-order chi connectivity index (χ0) is 20.2. The minimum absolute atomic E-state index is 0.423. The van der Waals surface area contributed by atoms with Gasteiger partial charge in [0.2, 0.25) is 0 Å². The smallest absolute Gasteiger partial charge is 0.316 e. The van der Waals surface area contributed by atoms with E-state index in [2.05, 4.69) is 31.9 Å². The molecule has 3 heterocycles. The van der Waals surface area contributed by atoms with Gasteiger partial charge in [0, 0.05) is 43.6 Å². The van der Waals surface area contributed by atoms with Gasteiger partial charge < -0.3 is 14.2 Å². The van der Waals surface area contributed by atoms with Crippen LogP contribution < -0.4 is 14.2 Å². The summed E-state index contributed by atoms with van der Waals surface area (Å²) in [7, 11) is 4.99. The predicted octanol–water partition coefficient (Wildman–Crippen LogP) is 2.53. The lowest BCUT2D eigenvalue weighted by atomic mass is 9.94. The summed E-state index contributed by atoms with van der Waals surface area (Å²) in [6.45, 7) is 5.21. The van der Waals surface area contributed by atoms with E-state index in [1.807, 2.05) is 12.4 Å². The maximum absolute atomic E-state index is 5.50. The molecule has 2 aliphatic heterocycles. The van der Waals surface area contributed by atoms with Crippen molar-refractivity contribution in [2.45, 2.75) is 38.4 Å². The fraction of sp³-hybridized carbons (Fsp3) is 0.545. The van der Waals surface area contributed by atoms with Crippen molar-refractivity contribution in [3.8, 4) is 17.5 Å². The summed E-state index contributed by atoms with van der Waals surface area (Å²) in [6, 6.07) is 5.36. The molecule has 7 nitrogen and oxygen atoms in total. The van der Waals surface area contributed by atoms with Crippen LogP contribution in [-0.2, 0) is 19.5 Å². The van der Waals surface area contributed by atoms with Crippen molar-refractivity contribution in [3.05, 3.63) is 41.2 Å². The van der Waals surface area contributed by atoms with Crippen LogP contribution in [0.3, 0.4) is 0 Å². The van der Waals surface area contributed by atoms with E-state index in [0.717, 1.165) is 56.2 Å². The number of rotatable bonds is 6. The topological polar surface area (TPSA) is 60.0 Å². The molecule has 0 amide bonds. The molecule has 0 spiro atoms. The summed E-state index contributed by atoms with van der Waals surface area (Å²) in [4.78, 5) is 13.6. The van der Waals surface area contributed by atoms with E-state index in [4.69, 9.17) is 14.2 Å². The molecule has 2 aliphatic rings. The number of benzene rings is 1. The molecule has 1 aromatic carbocycles. The highest BCUT2D eigenvalue weighted by Crippen LogP contribution is 2.34. The van der Waals surface area contributed by atoms with Gasteiger partial charge in [-0.05, 0) is 55.6 Å². The standard InChI is InChI=1S/C22H30N4O3/c1-27-20-10-17-4-9-26(15-18(17)11-21(20)28-2)19-5-7-25(8-6-19)14-16-12-23-22(29-3)24-13-16/h10-13,19H,4-9,14-15H2,1-3H3. The highest BCUT2D eigenvalue weighted by molar-refractivity contribution is 5.48. The van der Waals surface area contributed by atoms with Crippen molar-refractivity contribution in [3.63, 3.8) is 0 Å². The third-order valence-corrected chi connectivity index (χ3v) is 6.09. The van der Waals surface area contributed by atoms with Gasteiger partial charge in [-0.25, -0.2) is 9.97 Å². The predicted molar refractivity (Wildman–Crippen MR) is 111 cm³/mol. The fourth-order valence-corrected chi connectivity index (χ4v) is 4.45. The molecule has 0 bridgehead atoms. The summed E-state index contributed by atoms with van der Waals surface area (Å²) in [5.41, 5.74) is 3.89. The van der Waals surface area contributed by atoms with E-state index in [0.29, 0.717) is 12.1 Å². The Kier molecular flexibility index (Phi) is 6.16. The third-order valence-electron chi connectivity index (χ3n) is 6.09. The Hall–Kier alpha value is -2.38. The van der Waals surface area contributed by atoms with Gasteiger partial charge in [-0.2, -0.15) is 0 Å². The molecular formula is C22H30N4O3. The Bertz CT molecular complexity index is 820. The molecule has 2 aromatic rings. The van der Waals surface area contributed by atoms with Gasteiger partial charge in [-0.15, -0.1) is 0 Å². The quantitative estimate of drug-likeness (QED) is 0.741. The Balaban J connectivity index is 1.33. The summed E-state index contributed by atoms with van der Waals surface area (Å²) >= 11 is 0. The van der Waals surface area contributed by atoms with Gasteiger partial charge in [0.15, 0.2) is 11.5 Å². The van der Waals surface area contributed by atoms with Gasteiger partial charge in [-0.3, -0.25) is 9.80 Å². The first kappa shape index (κ1) is 19.9. The maximum Gasteiger partial charge on any atom is 0.316 e. The van der Waals surface area contributed by atoms with E-state index < -0.39 is 0 Å². The molecule has 0 saturated carbocycles. The average Bonchev–Trinajstić information content (AvgIpc) is 2.78. The van der Waals surface area contributed by atoms with Crippen LogP contribution in [0.15, 0.2) is 24.5 Å². The Labute approximate surface area is 172 Å². The van der Waals surface area contributed by atoms with E-state index in [9.17, 15) is 0 Å². The molecule has 0 aliphatic carbocycles. The number of aromatic nitrogens is 2. The summed E-state index contributed by atoms with van der Waals surface area (Å²) < 4.78 is 16.0. The monoisotopic (exact) mass is 398 g/mol. The number of hydrogen-bond acceptors (Lipinski definition) is 7. The number of ether oxygens (including phenoxy) is 3. The lowest BCUT2D eigenvalue weighted by Crippen LogP contribution is -2.46. The molecule has 1 fully saturated rings. The number of hydrogen-bond donors (Lipinski definition) is 0. The number of nitrogens with zero attached hydrogens (tertiary/aromatic N) is 4. The van der Waals surface area contributed by atoms with Gasteiger partial charge >= 0.3 is 6.01 Å². The minimum atomic E-state index is 0.423. The highest BCUT2D eigenvalue weighted by Gasteiger charge is 2.28. The molecule has 29 heavy (non-hydrogen) atoms. The number of methoxy groups -OCH3 is 3. The largest absolute Gasteiger partial charge is 0.493 e. The van der Waals surface area contributed by atoms with Crippen molar-refractivity contribution in [1.29, 1.82) is 0 Å². The number of fused-ring (bicyclic) bond motifs is 1. The third kappa shape index (κ3) is 4.46. The van der Waals surface area contributed by atoms with E-state index >= 15 is 0 Å². The first-order valence-electron chi connectivity index (χ1n) is 10.2. The second kappa shape index (κ2) is 8.97. The zero-order valence-electron chi connectivity index (χ0n) is 17.6. The minimum Gasteiger partial charge on any atom is -0.493 e. The SMILES string of the molecule is COc1ncc(CN2CCC(N3CCc4cc(OC)c(OC)cc4C3)CC2)cn1. The first-order chi connectivity index (χ1) is 14.2. The number of piperidine rings is 1. The normalized spacial score (nSPS) is 18.3. The highest BCUT2D eigenvalue weighted by atomic mass is 16.5. The van der Waals surface area contributed by atoms with Gasteiger partial charge in [0.1, 0.15) is 0 Å². The molecule has 1 saturated heterocycles. The van der Waals surface area contributed by atoms with Crippen molar-refractivity contribution < 1.29 is 14.2 Å². The van der Waals surface area contributed by atoms with E-state index in [-0.39, 0.29) is 0 Å². The lowest BCUT2D eigenvalue weighted by Gasteiger charge is -2.40. The van der Waals surface area contributed by atoms with Crippen molar-refractivity contribution in [2.24, 2.45) is 0 Å². The van der Waals surface area contributed by atoms with E-state index in [1.165, 1.54) is 24.0 Å². The lowest BCUT2D eigenvalue weighted by molar-refractivity contribution is 0.0946. The first-order valence-corrected chi connectivity index (χ1v) is 10.2. The van der Waals surface area contributed by atoms with Crippen LogP contribution in [0.25, 0.3) is 0 Å². The molecule has 0 atom stereocenters. The van der Waals surface area contributed by atoms with Crippen molar-refractivity contribution in [2.75, 3.05) is 41.0 Å². The maximum atomic E-state index is 5.50. The molecule has 4 rings (SSSR count).